The summed E-state index contributed by atoms with van der Waals surface area (Å²) in [6, 6.07) is 8.57. The number of alkyl halides is 26. The van der Waals surface area contributed by atoms with E-state index >= 15 is 0 Å². The van der Waals surface area contributed by atoms with Crippen LogP contribution in [0.2, 0.25) is 0 Å². The van der Waals surface area contributed by atoms with Crippen LogP contribution in [-0.2, 0) is 11.8 Å². The SMILES string of the molecule is O=C(Oc1ccc(C=Nc2ccc(OC(=O)c3ccc(C(F)(F)C(F)(F)C(F)(F)C(F)(F)C(F)(F)C(F)(F)F)cc3)cc2)cc1)c1ccc(C(F)(F)C(F)(F)C(F)(F)C(F)(F)C(F)(F)C(F)(F)F)cc1. The molecule has 70 heavy (non-hydrogen) atoms. The van der Waals surface area contributed by atoms with E-state index in [1.165, 1.54) is 12.1 Å². The quantitative estimate of drug-likeness (QED) is 0.0485. The number of benzene rings is 4. The van der Waals surface area contributed by atoms with Crippen molar-refractivity contribution < 1.29 is 133 Å². The molecule has 0 aliphatic heterocycles. The molecule has 0 N–H and O–H groups in total. The van der Waals surface area contributed by atoms with E-state index in [2.05, 4.69) is 4.99 Å². The van der Waals surface area contributed by atoms with Crippen LogP contribution in [0.4, 0.5) is 120 Å². The first-order valence-electron chi connectivity index (χ1n) is 17.7. The molecule has 5 nitrogen and oxygen atoms in total. The first kappa shape index (κ1) is 56.3. The highest BCUT2D eigenvalue weighted by Crippen LogP contribution is 2.64. The molecule has 4 aromatic carbocycles. The summed E-state index contributed by atoms with van der Waals surface area (Å²) in [5, 5.41) is 0. The van der Waals surface area contributed by atoms with Gasteiger partial charge in [-0.15, -0.1) is 0 Å². The highest BCUT2D eigenvalue weighted by molar-refractivity contribution is 5.92. The molecule has 0 unspecified atom stereocenters. The highest BCUT2D eigenvalue weighted by atomic mass is 19.4. The maximum Gasteiger partial charge on any atom is 0.460 e. The Balaban J connectivity index is 1.38. The number of halogens is 26. The summed E-state index contributed by atoms with van der Waals surface area (Å²) in [6.07, 6.45) is -14.1. The standard InChI is InChI=1S/C39H17F26NO4/c40-28(41,30(44,45)32(48,49)34(52,53)36(56,57)38(60,61)62)21-7-3-19(4-8-21)26(67)69-24-13-1-18(2-14-24)17-66-23-11-15-25(16-12-23)70-27(68)20-5-9-22(10-6-20)29(42,43)31(46,47)33(50,51)35(54,55)37(58,59)39(63,64)65/h1-17H. The van der Waals surface area contributed by atoms with Gasteiger partial charge in [0.05, 0.1) is 16.8 Å². The minimum atomic E-state index is -8.12. The van der Waals surface area contributed by atoms with Gasteiger partial charge in [0, 0.05) is 17.3 Å². The van der Waals surface area contributed by atoms with E-state index in [1.54, 1.807) is 0 Å². The molecule has 0 saturated carbocycles. The average Bonchev–Trinajstić information content (AvgIpc) is 3.25. The van der Waals surface area contributed by atoms with Crippen molar-refractivity contribution in [1.82, 2.24) is 0 Å². The Morgan fingerprint density at radius 3 is 0.900 bits per heavy atom. The third kappa shape index (κ3) is 9.25. The summed E-state index contributed by atoms with van der Waals surface area (Å²) in [5.41, 5.74) is -6.06. The Labute approximate surface area is 370 Å². The van der Waals surface area contributed by atoms with E-state index in [1.807, 2.05) is 0 Å². The molecule has 0 saturated heterocycles. The molecule has 0 fully saturated rings. The summed E-state index contributed by atoms with van der Waals surface area (Å²) in [7, 11) is 0. The smallest absolute Gasteiger partial charge is 0.423 e. The van der Waals surface area contributed by atoms with Crippen LogP contribution >= 0.6 is 0 Å². The lowest BCUT2D eigenvalue weighted by Crippen LogP contribution is -2.69. The Bertz CT molecular complexity index is 2370. The Kier molecular flexibility index (Phi) is 14.3. The van der Waals surface area contributed by atoms with Gasteiger partial charge in [-0.3, -0.25) is 4.99 Å². The summed E-state index contributed by atoms with van der Waals surface area (Å²) in [6.45, 7) is 0. The minimum Gasteiger partial charge on any atom is -0.423 e. The summed E-state index contributed by atoms with van der Waals surface area (Å²) in [5.74, 6) is -80.2. The second-order valence-electron chi connectivity index (χ2n) is 14.0. The molecule has 0 heterocycles. The zero-order valence-electron chi connectivity index (χ0n) is 32.7. The van der Waals surface area contributed by atoms with E-state index in [9.17, 15) is 124 Å². The summed E-state index contributed by atoms with van der Waals surface area (Å²) in [4.78, 5) is 28.9. The predicted molar refractivity (Wildman–Crippen MR) is 182 cm³/mol. The number of esters is 2. The van der Waals surface area contributed by atoms with Gasteiger partial charge in [-0.2, -0.15) is 114 Å². The first-order chi connectivity index (χ1) is 31.4. The van der Waals surface area contributed by atoms with Crippen LogP contribution in [0.5, 0.6) is 11.5 Å². The lowest BCUT2D eigenvalue weighted by molar-refractivity contribution is -0.441. The molecule has 0 spiro atoms. The zero-order chi connectivity index (χ0) is 53.9. The number of ether oxygens (including phenoxy) is 2. The molecule has 0 amide bonds. The van der Waals surface area contributed by atoms with Gasteiger partial charge in [0.15, 0.2) is 0 Å². The highest BCUT2D eigenvalue weighted by Gasteiger charge is 2.92. The molecule has 4 aromatic rings. The molecule has 0 radical (unpaired) electrons. The van der Waals surface area contributed by atoms with Gasteiger partial charge in [-0.1, -0.05) is 24.3 Å². The topological polar surface area (TPSA) is 65.0 Å². The molecular formula is C39H17F26NO4. The van der Waals surface area contributed by atoms with Gasteiger partial charge in [-0.25, -0.2) is 9.59 Å². The van der Waals surface area contributed by atoms with Gasteiger partial charge < -0.3 is 9.47 Å². The Morgan fingerprint density at radius 1 is 0.343 bits per heavy atom. The maximum absolute atomic E-state index is 14.5. The van der Waals surface area contributed by atoms with Crippen LogP contribution < -0.4 is 9.47 Å². The largest absolute Gasteiger partial charge is 0.460 e. The molecule has 0 aliphatic rings. The van der Waals surface area contributed by atoms with E-state index in [0.717, 1.165) is 42.6 Å². The molecule has 0 atom stereocenters. The van der Waals surface area contributed by atoms with E-state index in [-0.39, 0.29) is 71.3 Å². The maximum atomic E-state index is 14.5. The van der Waals surface area contributed by atoms with E-state index < -0.39 is 106 Å². The first-order valence-corrected chi connectivity index (χ1v) is 17.7. The predicted octanol–water partition coefficient (Wildman–Crippen LogP) is 14.3. The molecule has 4 rings (SSSR count). The number of nitrogens with zero attached hydrogens (tertiary/aromatic N) is 1. The number of rotatable bonds is 16. The second-order valence-corrected chi connectivity index (χ2v) is 14.0. The fourth-order valence-corrected chi connectivity index (χ4v) is 5.24. The van der Waals surface area contributed by atoms with Crippen molar-refractivity contribution in [3.63, 3.8) is 0 Å². The van der Waals surface area contributed by atoms with Crippen LogP contribution in [0, 0.1) is 0 Å². The molecule has 384 valence electrons. The van der Waals surface area contributed by atoms with E-state index in [0.29, 0.717) is 0 Å². The fourth-order valence-electron chi connectivity index (χ4n) is 5.24. The normalized spacial score (nSPS) is 14.5. The molecule has 0 aromatic heterocycles. The summed E-state index contributed by atoms with van der Waals surface area (Å²) >= 11 is 0. The van der Waals surface area contributed by atoms with Crippen LogP contribution in [0.1, 0.15) is 37.4 Å². The second kappa shape index (κ2) is 17.8. The molecule has 0 bridgehead atoms. The van der Waals surface area contributed by atoms with Crippen LogP contribution in [0.25, 0.3) is 0 Å². The summed E-state index contributed by atoms with van der Waals surface area (Å²) < 4.78 is 361. The van der Waals surface area contributed by atoms with Gasteiger partial charge in [0.1, 0.15) is 11.5 Å². The van der Waals surface area contributed by atoms with Crippen molar-refractivity contribution in [3.8, 4) is 11.5 Å². The third-order valence-corrected chi connectivity index (χ3v) is 9.33. The lowest BCUT2D eigenvalue weighted by Gasteiger charge is -2.39. The van der Waals surface area contributed by atoms with Gasteiger partial charge in [0.2, 0.25) is 0 Å². The van der Waals surface area contributed by atoms with Crippen molar-refractivity contribution in [3.05, 3.63) is 125 Å². The van der Waals surface area contributed by atoms with Crippen molar-refractivity contribution in [1.29, 1.82) is 0 Å². The molecule has 0 aliphatic carbocycles. The van der Waals surface area contributed by atoms with Crippen molar-refractivity contribution in [2.45, 2.75) is 71.6 Å². The number of carbonyl (C=O) groups is 2. The number of carbonyl (C=O) groups excluding carboxylic acids is 2. The van der Waals surface area contributed by atoms with Gasteiger partial charge in [0.25, 0.3) is 0 Å². The monoisotopic (exact) mass is 1060 g/mol. The van der Waals surface area contributed by atoms with Crippen molar-refractivity contribution >= 4 is 23.8 Å². The fraction of sp³-hybridized carbons (Fsp3) is 0.308. The van der Waals surface area contributed by atoms with Crippen molar-refractivity contribution in [2.75, 3.05) is 0 Å². The number of hydrogen-bond acceptors (Lipinski definition) is 5. The van der Waals surface area contributed by atoms with Crippen LogP contribution in [-0.4, -0.2) is 77.9 Å². The average molecular weight is 1060 g/mol. The van der Waals surface area contributed by atoms with Crippen LogP contribution in [0.3, 0.4) is 0 Å². The molecular weight excluding hydrogens is 1040 g/mol. The number of aliphatic imine (C=N–C) groups is 1. The number of hydrogen-bond donors (Lipinski definition) is 0. The zero-order valence-corrected chi connectivity index (χ0v) is 32.7. The van der Waals surface area contributed by atoms with E-state index in [4.69, 9.17) is 9.47 Å². The van der Waals surface area contributed by atoms with Gasteiger partial charge in [-0.05, 0) is 78.4 Å². The lowest BCUT2D eigenvalue weighted by atomic mass is 9.90. The van der Waals surface area contributed by atoms with Crippen molar-refractivity contribution in [2.24, 2.45) is 4.99 Å². The Morgan fingerprint density at radius 2 is 0.614 bits per heavy atom. The van der Waals surface area contributed by atoms with Crippen LogP contribution in [0.15, 0.2) is 102 Å². The third-order valence-electron chi connectivity index (χ3n) is 9.33. The minimum absolute atomic E-state index is 0.0710. The molecule has 31 heteroatoms. The van der Waals surface area contributed by atoms with Gasteiger partial charge >= 0.3 is 83.5 Å². The Hall–Kier alpha value is -6.33.